The number of nitrogens with two attached hydrogens (primary N) is 1. The monoisotopic (exact) mass is 189 g/mol. The summed E-state index contributed by atoms with van der Waals surface area (Å²) in [5.74, 6) is 0. The summed E-state index contributed by atoms with van der Waals surface area (Å²) in [7, 11) is 0. The van der Waals surface area contributed by atoms with Crippen molar-refractivity contribution in [3.05, 3.63) is 42.2 Å². The van der Waals surface area contributed by atoms with E-state index in [4.69, 9.17) is 5.73 Å². The molecule has 0 saturated heterocycles. The lowest BCUT2D eigenvalue weighted by Gasteiger charge is -2.26. The summed E-state index contributed by atoms with van der Waals surface area (Å²) >= 11 is 0. The Kier molecular flexibility index (Phi) is 2.91. The summed E-state index contributed by atoms with van der Waals surface area (Å²) in [6, 6.07) is 4.40. The van der Waals surface area contributed by atoms with E-state index in [-0.39, 0.29) is 0 Å². The van der Waals surface area contributed by atoms with Crippen LogP contribution >= 0.6 is 0 Å². The van der Waals surface area contributed by atoms with Crippen LogP contribution in [0.5, 0.6) is 0 Å². The maximum Gasteiger partial charge on any atom is 0.0478 e. The molecule has 2 rings (SSSR count). The van der Waals surface area contributed by atoms with E-state index in [0.29, 0.717) is 12.6 Å². The molecule has 2 heterocycles. The number of aromatic nitrogens is 1. The van der Waals surface area contributed by atoms with E-state index in [2.05, 4.69) is 22.0 Å². The largest absolute Gasteiger partial charge is 0.329 e. The standard InChI is InChI=1S/C11H15N3/c12-9-11(14-7-1-2-8-14)10-3-5-13-6-4-10/h1-6,11H,7-9,12H2. The second-order valence-corrected chi connectivity index (χ2v) is 3.46. The molecule has 0 fully saturated rings. The summed E-state index contributed by atoms with van der Waals surface area (Å²) in [6.07, 6.45) is 8.01. The summed E-state index contributed by atoms with van der Waals surface area (Å²) < 4.78 is 0. The molecule has 74 valence electrons. The van der Waals surface area contributed by atoms with Gasteiger partial charge < -0.3 is 5.73 Å². The van der Waals surface area contributed by atoms with E-state index >= 15 is 0 Å². The van der Waals surface area contributed by atoms with Gasteiger partial charge in [0.1, 0.15) is 0 Å². The quantitative estimate of drug-likeness (QED) is 0.720. The Morgan fingerprint density at radius 3 is 2.50 bits per heavy atom. The normalized spacial score (nSPS) is 18.6. The Morgan fingerprint density at radius 2 is 1.93 bits per heavy atom. The van der Waals surface area contributed by atoms with Crippen LogP contribution in [0.2, 0.25) is 0 Å². The average molecular weight is 189 g/mol. The summed E-state index contributed by atoms with van der Waals surface area (Å²) in [5.41, 5.74) is 7.05. The third-order valence-electron chi connectivity index (χ3n) is 2.60. The van der Waals surface area contributed by atoms with Crippen molar-refractivity contribution in [3.8, 4) is 0 Å². The number of hydrogen-bond acceptors (Lipinski definition) is 3. The maximum atomic E-state index is 5.79. The molecule has 0 aliphatic carbocycles. The third kappa shape index (κ3) is 1.84. The first-order valence-electron chi connectivity index (χ1n) is 4.91. The SMILES string of the molecule is NCC(c1ccncc1)N1CC=CC1. The number of hydrogen-bond donors (Lipinski definition) is 1. The third-order valence-corrected chi connectivity index (χ3v) is 2.60. The van der Waals surface area contributed by atoms with E-state index in [9.17, 15) is 0 Å². The van der Waals surface area contributed by atoms with Gasteiger partial charge in [-0.25, -0.2) is 0 Å². The van der Waals surface area contributed by atoms with Crippen molar-refractivity contribution in [2.45, 2.75) is 6.04 Å². The predicted octanol–water partition coefficient (Wildman–Crippen LogP) is 0.953. The minimum Gasteiger partial charge on any atom is -0.329 e. The molecule has 0 amide bonds. The maximum absolute atomic E-state index is 5.79. The van der Waals surface area contributed by atoms with E-state index in [1.54, 1.807) is 0 Å². The lowest BCUT2D eigenvalue weighted by molar-refractivity contribution is 0.262. The summed E-state index contributed by atoms with van der Waals surface area (Å²) in [4.78, 5) is 6.37. The van der Waals surface area contributed by atoms with Crippen LogP contribution in [0.3, 0.4) is 0 Å². The van der Waals surface area contributed by atoms with Gasteiger partial charge in [0.25, 0.3) is 0 Å². The molecule has 0 aromatic carbocycles. The smallest absolute Gasteiger partial charge is 0.0478 e. The molecule has 0 spiro atoms. The van der Waals surface area contributed by atoms with Crippen LogP contribution in [0, 0.1) is 0 Å². The molecule has 2 N–H and O–H groups in total. The Balaban J connectivity index is 2.13. The number of nitrogens with zero attached hydrogens (tertiary/aromatic N) is 2. The number of rotatable bonds is 3. The highest BCUT2D eigenvalue weighted by atomic mass is 15.2. The Hall–Kier alpha value is -1.19. The minimum atomic E-state index is 0.327. The van der Waals surface area contributed by atoms with Crippen LogP contribution in [0.4, 0.5) is 0 Å². The fourth-order valence-corrected chi connectivity index (χ4v) is 1.83. The molecule has 1 atom stereocenters. The van der Waals surface area contributed by atoms with Crippen LogP contribution in [-0.2, 0) is 0 Å². The van der Waals surface area contributed by atoms with Crippen molar-refractivity contribution in [2.24, 2.45) is 5.73 Å². The summed E-state index contributed by atoms with van der Waals surface area (Å²) in [6.45, 7) is 2.67. The first kappa shape index (κ1) is 9.37. The van der Waals surface area contributed by atoms with Gasteiger partial charge in [0, 0.05) is 38.1 Å². The van der Waals surface area contributed by atoms with Crippen molar-refractivity contribution < 1.29 is 0 Å². The molecule has 1 aromatic heterocycles. The van der Waals surface area contributed by atoms with E-state index in [1.165, 1.54) is 5.56 Å². The first-order valence-corrected chi connectivity index (χ1v) is 4.91. The highest BCUT2D eigenvalue weighted by Crippen LogP contribution is 2.20. The highest BCUT2D eigenvalue weighted by molar-refractivity contribution is 5.17. The molecular weight excluding hydrogens is 174 g/mol. The Bertz CT molecular complexity index is 300. The van der Waals surface area contributed by atoms with Gasteiger partial charge in [-0.15, -0.1) is 0 Å². The molecule has 3 nitrogen and oxygen atoms in total. The highest BCUT2D eigenvalue weighted by Gasteiger charge is 2.18. The lowest BCUT2D eigenvalue weighted by atomic mass is 10.1. The zero-order valence-electron chi connectivity index (χ0n) is 8.13. The molecule has 1 aromatic rings. The van der Waals surface area contributed by atoms with Gasteiger partial charge in [0.05, 0.1) is 0 Å². The van der Waals surface area contributed by atoms with E-state index in [0.717, 1.165) is 13.1 Å². The predicted molar refractivity (Wildman–Crippen MR) is 56.7 cm³/mol. The fraction of sp³-hybridized carbons (Fsp3) is 0.364. The zero-order chi connectivity index (χ0) is 9.80. The van der Waals surface area contributed by atoms with Gasteiger partial charge in [0.2, 0.25) is 0 Å². The molecule has 1 unspecified atom stereocenters. The molecule has 1 aliphatic rings. The van der Waals surface area contributed by atoms with Gasteiger partial charge in [-0.05, 0) is 17.7 Å². The Labute approximate surface area is 84.2 Å². The van der Waals surface area contributed by atoms with Gasteiger partial charge in [-0.2, -0.15) is 0 Å². The van der Waals surface area contributed by atoms with Gasteiger partial charge in [-0.1, -0.05) is 12.2 Å². The van der Waals surface area contributed by atoms with Crippen LogP contribution in [0.25, 0.3) is 0 Å². The van der Waals surface area contributed by atoms with Crippen molar-refractivity contribution in [2.75, 3.05) is 19.6 Å². The molecular formula is C11H15N3. The minimum absolute atomic E-state index is 0.327. The molecule has 0 bridgehead atoms. The number of pyridine rings is 1. The van der Waals surface area contributed by atoms with Gasteiger partial charge in [-0.3, -0.25) is 9.88 Å². The molecule has 14 heavy (non-hydrogen) atoms. The van der Waals surface area contributed by atoms with E-state index < -0.39 is 0 Å². The van der Waals surface area contributed by atoms with Crippen LogP contribution < -0.4 is 5.73 Å². The van der Waals surface area contributed by atoms with Crippen LogP contribution in [-0.4, -0.2) is 29.5 Å². The van der Waals surface area contributed by atoms with Crippen molar-refractivity contribution >= 4 is 0 Å². The van der Waals surface area contributed by atoms with Crippen LogP contribution in [0.15, 0.2) is 36.7 Å². The second kappa shape index (κ2) is 4.35. The van der Waals surface area contributed by atoms with Crippen molar-refractivity contribution in [3.63, 3.8) is 0 Å². The summed E-state index contributed by atoms with van der Waals surface area (Å²) in [5, 5.41) is 0. The fourth-order valence-electron chi connectivity index (χ4n) is 1.83. The van der Waals surface area contributed by atoms with Crippen molar-refractivity contribution in [1.29, 1.82) is 0 Å². The van der Waals surface area contributed by atoms with Gasteiger partial charge >= 0.3 is 0 Å². The van der Waals surface area contributed by atoms with Gasteiger partial charge in [0.15, 0.2) is 0 Å². The van der Waals surface area contributed by atoms with Crippen molar-refractivity contribution in [1.82, 2.24) is 9.88 Å². The molecule has 3 heteroatoms. The molecule has 0 radical (unpaired) electrons. The molecule has 1 aliphatic heterocycles. The molecule has 0 saturated carbocycles. The second-order valence-electron chi connectivity index (χ2n) is 3.46. The Morgan fingerprint density at radius 1 is 1.29 bits per heavy atom. The van der Waals surface area contributed by atoms with Crippen LogP contribution in [0.1, 0.15) is 11.6 Å². The average Bonchev–Trinajstić information content (AvgIpc) is 2.74. The van der Waals surface area contributed by atoms with E-state index in [1.807, 2.05) is 24.5 Å². The zero-order valence-corrected chi connectivity index (χ0v) is 8.13. The topological polar surface area (TPSA) is 42.1 Å². The lowest BCUT2D eigenvalue weighted by Crippen LogP contribution is -2.31. The first-order chi connectivity index (χ1) is 6.92.